The number of carbonyl (C=O) groups excluding carboxylic acids is 1. The first-order valence-electron chi connectivity index (χ1n) is 7.11. The number of carbonyl (C=O) groups is 2. The third-order valence-corrected chi connectivity index (χ3v) is 5.07. The number of thioether (sulfide) groups is 1. The second-order valence-corrected chi connectivity index (χ2v) is 6.45. The minimum absolute atomic E-state index is 0.138. The first kappa shape index (κ1) is 14.4. The molecule has 1 amide bonds. The fraction of sp³-hybridized carbons (Fsp3) is 0.467. The fourth-order valence-electron chi connectivity index (χ4n) is 2.94. The standard InChI is InChI=1S/C15H18N2O3S/c18-14(17-6-7-21-9-13(17)15(19)20)12-3-1-2-10-8-16-5-4-11(10)12/h1-3,13,16H,4-9H2,(H,19,20). The summed E-state index contributed by atoms with van der Waals surface area (Å²) in [6.07, 6.45) is 0.817. The Balaban J connectivity index is 1.92. The first-order valence-corrected chi connectivity index (χ1v) is 8.27. The van der Waals surface area contributed by atoms with E-state index in [9.17, 15) is 14.7 Å². The van der Waals surface area contributed by atoms with E-state index in [-0.39, 0.29) is 5.91 Å². The van der Waals surface area contributed by atoms with E-state index < -0.39 is 12.0 Å². The molecule has 2 aliphatic rings. The molecule has 112 valence electrons. The van der Waals surface area contributed by atoms with E-state index >= 15 is 0 Å². The highest BCUT2D eigenvalue weighted by Gasteiger charge is 2.34. The number of rotatable bonds is 2. The van der Waals surface area contributed by atoms with Crippen molar-refractivity contribution in [3.8, 4) is 0 Å². The average Bonchev–Trinajstić information content (AvgIpc) is 2.53. The average molecular weight is 306 g/mol. The van der Waals surface area contributed by atoms with Gasteiger partial charge in [0.05, 0.1) is 0 Å². The van der Waals surface area contributed by atoms with Gasteiger partial charge in [-0.2, -0.15) is 11.8 Å². The summed E-state index contributed by atoms with van der Waals surface area (Å²) in [5.41, 5.74) is 2.89. The Morgan fingerprint density at radius 1 is 1.38 bits per heavy atom. The zero-order valence-corrected chi connectivity index (χ0v) is 12.5. The van der Waals surface area contributed by atoms with Crippen LogP contribution in [0.15, 0.2) is 18.2 Å². The molecular formula is C15H18N2O3S. The van der Waals surface area contributed by atoms with E-state index in [1.165, 1.54) is 4.90 Å². The zero-order chi connectivity index (χ0) is 14.8. The van der Waals surface area contributed by atoms with Crippen molar-refractivity contribution in [1.82, 2.24) is 10.2 Å². The van der Waals surface area contributed by atoms with Crippen LogP contribution in [0.1, 0.15) is 21.5 Å². The summed E-state index contributed by atoms with van der Waals surface area (Å²) >= 11 is 1.59. The van der Waals surface area contributed by atoms with Gasteiger partial charge in [-0.25, -0.2) is 4.79 Å². The van der Waals surface area contributed by atoms with Gasteiger partial charge in [-0.05, 0) is 30.2 Å². The molecule has 0 saturated carbocycles. The van der Waals surface area contributed by atoms with Gasteiger partial charge in [0.15, 0.2) is 0 Å². The van der Waals surface area contributed by atoms with Crippen molar-refractivity contribution >= 4 is 23.6 Å². The highest BCUT2D eigenvalue weighted by Crippen LogP contribution is 2.24. The summed E-state index contributed by atoms with van der Waals surface area (Å²) in [6, 6.07) is 5.02. The molecule has 5 nitrogen and oxygen atoms in total. The summed E-state index contributed by atoms with van der Waals surface area (Å²) in [5, 5.41) is 12.6. The Labute approximate surface area is 127 Å². The van der Waals surface area contributed by atoms with Crippen LogP contribution in [0.3, 0.4) is 0 Å². The molecule has 1 fully saturated rings. The molecule has 1 unspecified atom stereocenters. The minimum Gasteiger partial charge on any atom is -0.480 e. The summed E-state index contributed by atoms with van der Waals surface area (Å²) in [4.78, 5) is 25.7. The molecule has 0 aromatic heterocycles. The van der Waals surface area contributed by atoms with Crippen molar-refractivity contribution in [1.29, 1.82) is 0 Å². The zero-order valence-electron chi connectivity index (χ0n) is 11.7. The predicted molar refractivity (Wildman–Crippen MR) is 81.6 cm³/mol. The molecule has 1 saturated heterocycles. The smallest absolute Gasteiger partial charge is 0.327 e. The van der Waals surface area contributed by atoms with Gasteiger partial charge < -0.3 is 15.3 Å². The molecule has 0 radical (unpaired) electrons. The Hall–Kier alpha value is -1.53. The van der Waals surface area contributed by atoms with Gasteiger partial charge in [-0.1, -0.05) is 12.1 Å². The van der Waals surface area contributed by atoms with Gasteiger partial charge in [0.25, 0.3) is 5.91 Å². The molecule has 3 rings (SSSR count). The third kappa shape index (κ3) is 2.78. The van der Waals surface area contributed by atoms with Gasteiger partial charge in [-0.3, -0.25) is 4.79 Å². The Kier molecular flexibility index (Phi) is 4.17. The maximum Gasteiger partial charge on any atom is 0.327 e. The van der Waals surface area contributed by atoms with E-state index in [0.717, 1.165) is 36.4 Å². The van der Waals surface area contributed by atoms with Crippen LogP contribution in [0.25, 0.3) is 0 Å². The number of aliphatic carboxylic acids is 1. The molecule has 1 atom stereocenters. The highest BCUT2D eigenvalue weighted by molar-refractivity contribution is 7.99. The second kappa shape index (κ2) is 6.07. The maximum atomic E-state index is 12.8. The van der Waals surface area contributed by atoms with Crippen molar-refractivity contribution < 1.29 is 14.7 Å². The number of carboxylic acid groups (broad SMARTS) is 1. The first-order chi connectivity index (χ1) is 10.2. The van der Waals surface area contributed by atoms with Gasteiger partial charge in [0, 0.05) is 30.2 Å². The summed E-state index contributed by atoms with van der Waals surface area (Å²) in [7, 11) is 0. The number of hydrogen-bond acceptors (Lipinski definition) is 4. The Morgan fingerprint density at radius 3 is 3.05 bits per heavy atom. The molecule has 2 heterocycles. The maximum absolute atomic E-state index is 12.8. The topological polar surface area (TPSA) is 69.6 Å². The monoisotopic (exact) mass is 306 g/mol. The third-order valence-electron chi connectivity index (χ3n) is 4.05. The lowest BCUT2D eigenvalue weighted by molar-refractivity contribution is -0.141. The summed E-state index contributed by atoms with van der Waals surface area (Å²) in [5.74, 6) is 0.215. The lowest BCUT2D eigenvalue weighted by atomic mass is 9.94. The molecule has 0 spiro atoms. The van der Waals surface area contributed by atoms with Crippen molar-refractivity contribution in [2.75, 3.05) is 24.6 Å². The predicted octanol–water partition coefficient (Wildman–Crippen LogP) is 0.974. The SMILES string of the molecule is O=C(O)C1CSCCN1C(=O)c1cccc2c1CCNC2. The van der Waals surface area contributed by atoms with Crippen LogP contribution in [-0.2, 0) is 17.8 Å². The number of carboxylic acids is 1. The molecule has 2 aliphatic heterocycles. The van der Waals surface area contributed by atoms with E-state index in [2.05, 4.69) is 5.32 Å². The van der Waals surface area contributed by atoms with Crippen molar-refractivity contribution in [2.24, 2.45) is 0 Å². The van der Waals surface area contributed by atoms with Crippen molar-refractivity contribution in [3.05, 3.63) is 34.9 Å². The van der Waals surface area contributed by atoms with E-state index in [0.29, 0.717) is 17.9 Å². The van der Waals surface area contributed by atoms with Crippen LogP contribution < -0.4 is 5.32 Å². The van der Waals surface area contributed by atoms with E-state index in [1.807, 2.05) is 18.2 Å². The molecule has 0 bridgehead atoms. The van der Waals surface area contributed by atoms with Crippen LogP contribution >= 0.6 is 11.8 Å². The van der Waals surface area contributed by atoms with Crippen LogP contribution in [0.5, 0.6) is 0 Å². The van der Waals surface area contributed by atoms with Gasteiger partial charge in [0.1, 0.15) is 6.04 Å². The second-order valence-electron chi connectivity index (χ2n) is 5.30. The Bertz CT molecular complexity index is 576. The molecule has 2 N–H and O–H groups in total. The molecule has 1 aromatic carbocycles. The molecule has 0 aliphatic carbocycles. The molecule has 21 heavy (non-hydrogen) atoms. The fourth-order valence-corrected chi connectivity index (χ4v) is 3.98. The number of benzene rings is 1. The number of nitrogens with one attached hydrogen (secondary N) is 1. The van der Waals surface area contributed by atoms with E-state index in [1.54, 1.807) is 11.8 Å². The number of fused-ring (bicyclic) bond motifs is 1. The molecule has 6 heteroatoms. The number of hydrogen-bond donors (Lipinski definition) is 2. The minimum atomic E-state index is -0.915. The summed E-state index contributed by atoms with van der Waals surface area (Å²) < 4.78 is 0. The van der Waals surface area contributed by atoms with Gasteiger partial charge in [-0.15, -0.1) is 0 Å². The van der Waals surface area contributed by atoms with E-state index in [4.69, 9.17) is 0 Å². The quantitative estimate of drug-likeness (QED) is 0.852. The number of nitrogens with zero attached hydrogens (tertiary/aromatic N) is 1. The van der Waals surface area contributed by atoms with Gasteiger partial charge >= 0.3 is 5.97 Å². The molecular weight excluding hydrogens is 288 g/mol. The van der Waals surface area contributed by atoms with Gasteiger partial charge in [0.2, 0.25) is 0 Å². The lowest BCUT2D eigenvalue weighted by Crippen LogP contribution is -2.50. The van der Waals surface area contributed by atoms with Crippen molar-refractivity contribution in [3.63, 3.8) is 0 Å². The Morgan fingerprint density at radius 2 is 2.24 bits per heavy atom. The highest BCUT2D eigenvalue weighted by atomic mass is 32.2. The van der Waals surface area contributed by atoms with Crippen LogP contribution in [0.2, 0.25) is 0 Å². The van der Waals surface area contributed by atoms with Crippen LogP contribution in [0.4, 0.5) is 0 Å². The number of amides is 1. The van der Waals surface area contributed by atoms with Crippen molar-refractivity contribution in [2.45, 2.75) is 19.0 Å². The largest absolute Gasteiger partial charge is 0.480 e. The lowest BCUT2D eigenvalue weighted by Gasteiger charge is -2.33. The summed E-state index contributed by atoms with van der Waals surface area (Å²) in [6.45, 7) is 2.13. The van der Waals surface area contributed by atoms with Crippen LogP contribution in [-0.4, -0.2) is 52.5 Å². The normalized spacial score (nSPS) is 21.7. The van der Waals surface area contributed by atoms with Crippen LogP contribution in [0, 0.1) is 0 Å². The molecule has 1 aromatic rings.